The summed E-state index contributed by atoms with van der Waals surface area (Å²) in [6.45, 7) is 7.80. The molecule has 2 rings (SSSR count). The minimum Gasteiger partial charge on any atom is -0.350 e. The van der Waals surface area contributed by atoms with Crippen molar-refractivity contribution in [2.75, 3.05) is 11.4 Å². The normalized spacial score (nSPS) is 10.3. The molecule has 1 aromatic carbocycles. The van der Waals surface area contributed by atoms with Crippen molar-refractivity contribution < 1.29 is 9.59 Å². The lowest BCUT2D eigenvalue weighted by Gasteiger charge is -2.25. The highest BCUT2D eigenvalue weighted by molar-refractivity contribution is 5.98. The fraction of sp³-hybridized carbons (Fsp3) is 0.316. The molecular weight excluding hydrogens is 302 g/mol. The summed E-state index contributed by atoms with van der Waals surface area (Å²) in [4.78, 5) is 29.9. The van der Waals surface area contributed by atoms with E-state index in [0.717, 1.165) is 27.9 Å². The molecule has 1 aromatic heterocycles. The monoisotopic (exact) mass is 325 g/mol. The summed E-state index contributed by atoms with van der Waals surface area (Å²) < 4.78 is 0. The third-order valence-corrected chi connectivity index (χ3v) is 3.80. The number of aromatic nitrogens is 1. The van der Waals surface area contributed by atoms with E-state index < -0.39 is 0 Å². The fourth-order valence-corrected chi connectivity index (χ4v) is 2.85. The summed E-state index contributed by atoms with van der Waals surface area (Å²) in [6, 6.07) is 7.75. The van der Waals surface area contributed by atoms with Crippen molar-refractivity contribution in [2.24, 2.45) is 0 Å². The molecule has 5 nitrogen and oxygen atoms in total. The van der Waals surface area contributed by atoms with Crippen LogP contribution in [0.25, 0.3) is 0 Å². The van der Waals surface area contributed by atoms with Crippen LogP contribution in [-0.2, 0) is 16.1 Å². The zero-order chi connectivity index (χ0) is 17.7. The Hall–Kier alpha value is -2.69. The van der Waals surface area contributed by atoms with Crippen molar-refractivity contribution in [1.29, 1.82) is 0 Å². The van der Waals surface area contributed by atoms with Gasteiger partial charge < -0.3 is 10.2 Å². The van der Waals surface area contributed by atoms with Crippen molar-refractivity contribution in [2.45, 2.75) is 34.2 Å². The Morgan fingerprint density at radius 1 is 1.17 bits per heavy atom. The van der Waals surface area contributed by atoms with Gasteiger partial charge in [-0.05, 0) is 43.5 Å². The number of carbonyl (C=O) groups excluding carboxylic acids is 2. The number of nitrogens with zero attached hydrogens (tertiary/aromatic N) is 2. The van der Waals surface area contributed by atoms with Crippen LogP contribution in [0, 0.1) is 20.8 Å². The van der Waals surface area contributed by atoms with Crippen molar-refractivity contribution in [3.05, 3.63) is 58.9 Å². The standard InChI is InChI=1S/C19H23N3O2/c1-13-8-14(2)19(15(3)9-13)22(16(4)23)12-18(24)21-11-17-6-5-7-20-10-17/h5-10H,11-12H2,1-4H3,(H,21,24). The summed E-state index contributed by atoms with van der Waals surface area (Å²) in [5, 5.41) is 2.83. The number of carbonyl (C=O) groups is 2. The molecule has 0 aliphatic carbocycles. The lowest BCUT2D eigenvalue weighted by molar-refractivity contribution is -0.123. The molecule has 0 radical (unpaired) electrons. The van der Waals surface area contributed by atoms with Gasteiger partial charge in [0.1, 0.15) is 6.54 Å². The highest BCUT2D eigenvalue weighted by atomic mass is 16.2. The third-order valence-electron chi connectivity index (χ3n) is 3.80. The van der Waals surface area contributed by atoms with Crippen LogP contribution in [0.4, 0.5) is 5.69 Å². The first-order chi connectivity index (χ1) is 11.4. The minimum atomic E-state index is -0.201. The number of aryl methyl sites for hydroxylation is 3. The van der Waals surface area contributed by atoms with Gasteiger partial charge in [-0.3, -0.25) is 14.6 Å². The van der Waals surface area contributed by atoms with Crippen LogP contribution in [0.2, 0.25) is 0 Å². The maximum atomic E-state index is 12.3. The van der Waals surface area contributed by atoms with Gasteiger partial charge in [0.25, 0.3) is 0 Å². The third kappa shape index (κ3) is 4.41. The second-order valence-corrected chi connectivity index (χ2v) is 5.99. The van der Waals surface area contributed by atoms with Crippen molar-refractivity contribution in [3.8, 4) is 0 Å². The number of hydrogen-bond donors (Lipinski definition) is 1. The van der Waals surface area contributed by atoms with Crippen molar-refractivity contribution in [1.82, 2.24) is 10.3 Å². The van der Waals surface area contributed by atoms with E-state index in [9.17, 15) is 9.59 Å². The Balaban J connectivity index is 2.12. The molecule has 0 unspecified atom stereocenters. The first-order valence-electron chi connectivity index (χ1n) is 7.90. The number of hydrogen-bond acceptors (Lipinski definition) is 3. The molecule has 0 fully saturated rings. The highest BCUT2D eigenvalue weighted by Gasteiger charge is 2.19. The lowest BCUT2D eigenvalue weighted by Crippen LogP contribution is -2.40. The van der Waals surface area contributed by atoms with Gasteiger partial charge in [-0.1, -0.05) is 23.8 Å². The maximum Gasteiger partial charge on any atom is 0.240 e. The van der Waals surface area contributed by atoms with Crippen LogP contribution >= 0.6 is 0 Å². The molecule has 0 spiro atoms. The van der Waals surface area contributed by atoms with E-state index in [2.05, 4.69) is 10.3 Å². The first-order valence-corrected chi connectivity index (χ1v) is 7.90. The Morgan fingerprint density at radius 2 is 1.83 bits per heavy atom. The molecular formula is C19H23N3O2. The predicted octanol–water partition coefficient (Wildman–Crippen LogP) is 2.68. The minimum absolute atomic E-state index is 0.000334. The molecule has 1 heterocycles. The van der Waals surface area contributed by atoms with Gasteiger partial charge >= 0.3 is 0 Å². The number of benzene rings is 1. The lowest BCUT2D eigenvalue weighted by atomic mass is 10.0. The SMILES string of the molecule is CC(=O)N(CC(=O)NCc1cccnc1)c1c(C)cc(C)cc1C. The topological polar surface area (TPSA) is 62.3 Å². The number of amides is 2. The van der Waals surface area contributed by atoms with Gasteiger partial charge in [0.15, 0.2) is 0 Å². The van der Waals surface area contributed by atoms with E-state index in [0.29, 0.717) is 6.54 Å². The van der Waals surface area contributed by atoms with Crippen LogP contribution in [0.15, 0.2) is 36.7 Å². The van der Waals surface area contributed by atoms with Crippen LogP contribution in [0.1, 0.15) is 29.2 Å². The Labute approximate surface area is 142 Å². The van der Waals surface area contributed by atoms with E-state index in [1.807, 2.05) is 45.0 Å². The van der Waals surface area contributed by atoms with Gasteiger partial charge in [-0.15, -0.1) is 0 Å². The average Bonchev–Trinajstić information content (AvgIpc) is 2.52. The first kappa shape index (κ1) is 17.7. The molecule has 0 aliphatic heterocycles. The van der Waals surface area contributed by atoms with Crippen LogP contribution in [-0.4, -0.2) is 23.3 Å². The molecule has 1 N–H and O–H groups in total. The summed E-state index contributed by atoms with van der Waals surface area (Å²) in [7, 11) is 0. The molecule has 5 heteroatoms. The van der Waals surface area contributed by atoms with Crippen LogP contribution < -0.4 is 10.2 Å². The summed E-state index contributed by atoms with van der Waals surface area (Å²) in [5.74, 6) is -0.352. The smallest absolute Gasteiger partial charge is 0.240 e. The van der Waals surface area contributed by atoms with Crippen LogP contribution in [0.3, 0.4) is 0 Å². The zero-order valence-electron chi connectivity index (χ0n) is 14.6. The van der Waals surface area contributed by atoms with E-state index >= 15 is 0 Å². The van der Waals surface area contributed by atoms with E-state index in [1.165, 1.54) is 11.8 Å². The van der Waals surface area contributed by atoms with Gasteiger partial charge in [0, 0.05) is 25.9 Å². The molecule has 24 heavy (non-hydrogen) atoms. The molecule has 0 saturated carbocycles. The van der Waals surface area contributed by atoms with Gasteiger partial charge in [0.2, 0.25) is 11.8 Å². The van der Waals surface area contributed by atoms with E-state index in [4.69, 9.17) is 0 Å². The second-order valence-electron chi connectivity index (χ2n) is 5.99. The number of pyridine rings is 1. The fourth-order valence-electron chi connectivity index (χ4n) is 2.85. The molecule has 0 atom stereocenters. The maximum absolute atomic E-state index is 12.3. The van der Waals surface area contributed by atoms with Gasteiger partial charge in [0.05, 0.1) is 5.69 Å². The average molecular weight is 325 g/mol. The second kappa shape index (κ2) is 7.73. The molecule has 0 saturated heterocycles. The summed E-state index contributed by atoms with van der Waals surface area (Å²) in [5.41, 5.74) is 4.84. The van der Waals surface area contributed by atoms with Crippen molar-refractivity contribution in [3.63, 3.8) is 0 Å². The summed E-state index contributed by atoms with van der Waals surface area (Å²) >= 11 is 0. The van der Waals surface area contributed by atoms with Gasteiger partial charge in [-0.25, -0.2) is 0 Å². The molecule has 2 aromatic rings. The van der Waals surface area contributed by atoms with Crippen LogP contribution in [0.5, 0.6) is 0 Å². The van der Waals surface area contributed by atoms with Gasteiger partial charge in [-0.2, -0.15) is 0 Å². The highest BCUT2D eigenvalue weighted by Crippen LogP contribution is 2.26. The molecule has 0 bridgehead atoms. The molecule has 126 valence electrons. The molecule has 0 aliphatic rings. The largest absolute Gasteiger partial charge is 0.350 e. The quantitative estimate of drug-likeness (QED) is 0.919. The number of nitrogens with one attached hydrogen (secondary N) is 1. The number of anilines is 1. The number of rotatable bonds is 5. The summed E-state index contributed by atoms with van der Waals surface area (Å²) in [6.07, 6.45) is 3.39. The predicted molar refractivity (Wildman–Crippen MR) is 94.8 cm³/mol. The zero-order valence-corrected chi connectivity index (χ0v) is 14.6. The van der Waals surface area contributed by atoms with E-state index in [-0.39, 0.29) is 18.4 Å². The van der Waals surface area contributed by atoms with E-state index in [1.54, 1.807) is 12.4 Å². The Bertz CT molecular complexity index is 719. The Morgan fingerprint density at radius 3 is 2.38 bits per heavy atom. The molecule has 2 amide bonds. The Kier molecular flexibility index (Phi) is 5.68. The van der Waals surface area contributed by atoms with Crippen molar-refractivity contribution >= 4 is 17.5 Å².